The zero-order valence-corrected chi connectivity index (χ0v) is 20.9. The summed E-state index contributed by atoms with van der Waals surface area (Å²) in [6.07, 6.45) is 4.45. The predicted molar refractivity (Wildman–Crippen MR) is 136 cm³/mol. The summed E-state index contributed by atoms with van der Waals surface area (Å²) in [6.45, 7) is 0. The van der Waals surface area contributed by atoms with Gasteiger partial charge in [-0.1, -0.05) is 17.7 Å². The summed E-state index contributed by atoms with van der Waals surface area (Å²) < 4.78 is 17.2. The van der Waals surface area contributed by atoms with Crippen molar-refractivity contribution in [3.8, 4) is 0 Å². The summed E-state index contributed by atoms with van der Waals surface area (Å²) in [4.78, 5) is 46.0. The maximum absolute atomic E-state index is 12.7. The van der Waals surface area contributed by atoms with Gasteiger partial charge in [0.05, 0.1) is 34.9 Å². The number of nitrogen functional groups attached to an aromatic ring is 1. The molecule has 2 heterocycles. The van der Waals surface area contributed by atoms with Gasteiger partial charge < -0.3 is 20.8 Å². The Morgan fingerprint density at radius 1 is 1.16 bits per heavy atom. The fourth-order valence-electron chi connectivity index (χ4n) is 3.99. The van der Waals surface area contributed by atoms with E-state index >= 15 is 0 Å². The first kappa shape index (κ1) is 26.1. The molecule has 0 spiro atoms. The maximum Gasteiger partial charge on any atom is 0.337 e. The smallest absolute Gasteiger partial charge is 0.337 e. The number of H-pyrrole nitrogens is 1. The lowest BCUT2D eigenvalue weighted by Gasteiger charge is -2.14. The van der Waals surface area contributed by atoms with E-state index in [0.717, 1.165) is 30.0 Å². The number of fused-ring (bicyclic) bond motifs is 2. The second-order valence-electron chi connectivity index (χ2n) is 8.06. The van der Waals surface area contributed by atoms with E-state index in [2.05, 4.69) is 20.3 Å². The van der Waals surface area contributed by atoms with Crippen molar-refractivity contribution in [2.24, 2.45) is 0 Å². The van der Waals surface area contributed by atoms with E-state index in [4.69, 9.17) is 33.7 Å². The summed E-state index contributed by atoms with van der Waals surface area (Å²) in [5.74, 6) is -1.23. The first-order chi connectivity index (χ1) is 17.7. The molecule has 0 fully saturated rings. The van der Waals surface area contributed by atoms with Crippen molar-refractivity contribution in [3.05, 3.63) is 87.7 Å². The predicted octanol–water partition coefficient (Wildman–Crippen LogP) is 4.60. The monoisotopic (exact) mass is 543 g/mol. The average Bonchev–Trinajstić information content (AvgIpc) is 3.48. The van der Waals surface area contributed by atoms with E-state index in [1.165, 1.54) is 25.6 Å². The number of aromatic nitrogens is 3. The highest BCUT2D eigenvalue weighted by Crippen LogP contribution is 2.32. The minimum absolute atomic E-state index is 0.100. The molecule has 0 aliphatic heterocycles. The summed E-state index contributed by atoms with van der Waals surface area (Å²) in [5, 5.41) is 2.26. The summed E-state index contributed by atoms with van der Waals surface area (Å²) in [6, 6.07) is 8.81. The largest absolute Gasteiger partial charge is 0.465 e. The number of nitrogens with one attached hydrogen (secondary N) is 2. The number of carbonyl (C=O) groups excluding carboxylic acids is 3. The molecule has 0 saturated carbocycles. The zero-order valence-electron chi connectivity index (χ0n) is 19.3. The fraction of sp³-hybridized carbons (Fsp3) is 0.160. The van der Waals surface area contributed by atoms with Crippen LogP contribution in [0.3, 0.4) is 0 Å². The number of hydrogen-bond donors (Lipinski definition) is 3. The van der Waals surface area contributed by atoms with Crippen molar-refractivity contribution in [2.75, 3.05) is 12.8 Å². The molecule has 9 nitrogen and oxygen atoms in total. The molecule has 190 valence electrons. The minimum Gasteiger partial charge on any atom is -0.465 e. The first-order valence-electron chi connectivity index (χ1n) is 10.9. The number of aromatic amines is 1. The van der Waals surface area contributed by atoms with Crippen LogP contribution in [0.4, 0.5) is 10.1 Å². The van der Waals surface area contributed by atoms with E-state index < -0.39 is 11.1 Å². The van der Waals surface area contributed by atoms with E-state index in [9.17, 15) is 18.8 Å². The molecule has 0 radical (unpaired) electrons. The Bertz CT molecular complexity index is 1520. The van der Waals surface area contributed by atoms with Crippen LogP contribution in [0.5, 0.6) is 0 Å². The molecule has 1 aliphatic rings. The number of amides is 1. The Hall–Kier alpha value is -4.02. The van der Waals surface area contributed by atoms with Crippen molar-refractivity contribution in [1.29, 1.82) is 0 Å². The van der Waals surface area contributed by atoms with Crippen molar-refractivity contribution < 1.29 is 23.5 Å². The van der Waals surface area contributed by atoms with E-state index in [-0.39, 0.29) is 34.2 Å². The van der Waals surface area contributed by atoms with Crippen LogP contribution in [0.2, 0.25) is 5.02 Å². The minimum atomic E-state index is -0.646. The molecule has 1 amide bonds. The number of benzene rings is 2. The van der Waals surface area contributed by atoms with Gasteiger partial charge in [0.1, 0.15) is 17.7 Å². The number of carbonyl (C=O) groups is 3. The fourth-order valence-corrected chi connectivity index (χ4v) is 4.29. The number of nitrogens with zero attached hydrogens (tertiary/aromatic N) is 2. The quantitative estimate of drug-likeness (QED) is 0.252. The number of ether oxygens (including phenoxy) is 1. The molecule has 5 rings (SSSR count). The highest BCUT2D eigenvalue weighted by Gasteiger charge is 2.27. The van der Waals surface area contributed by atoms with Gasteiger partial charge in [-0.15, -0.1) is 0 Å². The molecule has 4 N–H and O–H groups in total. The molecule has 4 aromatic rings. The van der Waals surface area contributed by atoms with Crippen LogP contribution in [-0.4, -0.2) is 39.2 Å². The lowest BCUT2D eigenvalue weighted by Crippen LogP contribution is -2.28. The molecule has 12 heteroatoms. The Balaban J connectivity index is 0.000000245. The van der Waals surface area contributed by atoms with Crippen LogP contribution in [-0.2, 0) is 11.2 Å². The van der Waals surface area contributed by atoms with Gasteiger partial charge in [-0.3, -0.25) is 9.59 Å². The van der Waals surface area contributed by atoms with Crippen molar-refractivity contribution in [3.63, 3.8) is 0 Å². The maximum atomic E-state index is 12.7. The van der Waals surface area contributed by atoms with Gasteiger partial charge in [0.2, 0.25) is 0 Å². The standard InChI is InChI=1S/C18H17N5O3.C7H3Cl2FO/c1-26-18(25)10-2-4-11-9(6-10)3-5-13(11)23-17(24)16-15-14(21-8-22-16)12(19)7-20-15;8-5-3-4(7(9)11)1-2-6(5)10/h2,4,6-8,13,20H,3,5,19H2,1H3,(H,23,24);1-3H/t13-;/m0./s1. The Labute approximate surface area is 220 Å². The van der Waals surface area contributed by atoms with Crippen LogP contribution in [0.15, 0.2) is 48.9 Å². The molecular weight excluding hydrogens is 524 g/mol. The van der Waals surface area contributed by atoms with Crippen molar-refractivity contribution in [1.82, 2.24) is 20.3 Å². The number of anilines is 1. The number of hydrogen-bond acceptors (Lipinski definition) is 7. The Kier molecular flexibility index (Phi) is 7.70. The number of esters is 1. The van der Waals surface area contributed by atoms with Gasteiger partial charge in [0, 0.05) is 11.8 Å². The molecular formula is C25H20Cl2FN5O4. The number of rotatable bonds is 4. The van der Waals surface area contributed by atoms with Crippen molar-refractivity contribution in [2.45, 2.75) is 18.9 Å². The second kappa shape index (κ2) is 10.9. The van der Waals surface area contributed by atoms with E-state index in [1.807, 2.05) is 12.1 Å². The molecule has 1 atom stereocenters. The highest BCUT2D eigenvalue weighted by molar-refractivity contribution is 6.67. The normalized spacial score (nSPS) is 13.9. The van der Waals surface area contributed by atoms with E-state index in [0.29, 0.717) is 22.3 Å². The third-order valence-electron chi connectivity index (χ3n) is 5.80. The lowest BCUT2D eigenvalue weighted by molar-refractivity contribution is 0.0600. The molecule has 0 unspecified atom stereocenters. The molecule has 37 heavy (non-hydrogen) atoms. The van der Waals surface area contributed by atoms with Gasteiger partial charge >= 0.3 is 5.97 Å². The van der Waals surface area contributed by atoms with Crippen LogP contribution in [0, 0.1) is 5.82 Å². The third kappa shape index (κ3) is 5.55. The average molecular weight is 544 g/mol. The van der Waals surface area contributed by atoms with Gasteiger partial charge in [-0.2, -0.15) is 0 Å². The molecule has 2 aromatic heterocycles. The number of methoxy groups -OCH3 is 1. The molecule has 0 bridgehead atoms. The number of halogens is 3. The lowest BCUT2D eigenvalue weighted by atomic mass is 10.0. The zero-order chi connectivity index (χ0) is 26.7. The van der Waals surface area contributed by atoms with Gasteiger partial charge in [0.25, 0.3) is 11.1 Å². The van der Waals surface area contributed by atoms with Gasteiger partial charge in [-0.05, 0) is 65.9 Å². The Morgan fingerprint density at radius 2 is 1.92 bits per heavy atom. The number of aryl methyl sites for hydroxylation is 1. The highest BCUT2D eigenvalue weighted by atomic mass is 35.5. The molecule has 0 saturated heterocycles. The number of nitrogens with two attached hydrogens (primary N) is 1. The van der Waals surface area contributed by atoms with Crippen LogP contribution in [0.25, 0.3) is 11.0 Å². The first-order valence-corrected chi connectivity index (χ1v) is 11.7. The van der Waals surface area contributed by atoms with Gasteiger partial charge in [-0.25, -0.2) is 19.2 Å². The second-order valence-corrected chi connectivity index (χ2v) is 8.81. The SMILES string of the molecule is COC(=O)c1ccc2c(c1)CC[C@@H]2NC(=O)c1ncnc2c(N)c[nH]c12.O=C(Cl)c1ccc(F)c(Cl)c1. The van der Waals surface area contributed by atoms with Crippen LogP contribution >= 0.6 is 23.2 Å². The third-order valence-corrected chi connectivity index (χ3v) is 6.31. The summed E-state index contributed by atoms with van der Waals surface area (Å²) in [5.41, 5.74) is 10.3. The van der Waals surface area contributed by atoms with E-state index in [1.54, 1.807) is 12.3 Å². The summed E-state index contributed by atoms with van der Waals surface area (Å²) >= 11 is 10.5. The van der Waals surface area contributed by atoms with Crippen LogP contribution in [0.1, 0.15) is 54.8 Å². The summed E-state index contributed by atoms with van der Waals surface area (Å²) in [7, 11) is 1.36. The van der Waals surface area contributed by atoms with Crippen molar-refractivity contribution >= 4 is 57.0 Å². The van der Waals surface area contributed by atoms with Gasteiger partial charge in [0.15, 0.2) is 5.69 Å². The Morgan fingerprint density at radius 3 is 2.62 bits per heavy atom. The molecule has 2 aromatic carbocycles. The van der Waals surface area contributed by atoms with Crippen LogP contribution < -0.4 is 11.1 Å². The topological polar surface area (TPSA) is 140 Å². The molecule has 1 aliphatic carbocycles.